The standard InChI is InChI=1S/C17H24N2O/c1-13(2)14-5-3-7-16(11-14)20-10-8-15-6-4-9-17(15,19)12-18/h3,5,7,11,13,15H,4,6,8-10,19H2,1-2H3. The topological polar surface area (TPSA) is 59.0 Å². The van der Waals surface area contributed by atoms with Crippen molar-refractivity contribution in [3.63, 3.8) is 0 Å². The quantitative estimate of drug-likeness (QED) is 0.891. The van der Waals surface area contributed by atoms with Gasteiger partial charge in [-0.05, 0) is 48.8 Å². The molecule has 2 rings (SSSR count). The molecule has 0 heterocycles. The Labute approximate surface area is 121 Å². The van der Waals surface area contributed by atoms with E-state index in [-0.39, 0.29) is 5.92 Å². The number of nitrogens with two attached hydrogens (primary N) is 1. The highest BCUT2D eigenvalue weighted by Crippen LogP contribution is 2.35. The summed E-state index contributed by atoms with van der Waals surface area (Å²) in [4.78, 5) is 0. The van der Waals surface area contributed by atoms with E-state index in [0.717, 1.165) is 31.4 Å². The molecule has 1 saturated carbocycles. The van der Waals surface area contributed by atoms with Crippen LogP contribution in [0.2, 0.25) is 0 Å². The van der Waals surface area contributed by atoms with Crippen LogP contribution < -0.4 is 10.5 Å². The summed E-state index contributed by atoms with van der Waals surface area (Å²) >= 11 is 0. The minimum Gasteiger partial charge on any atom is -0.494 e. The molecule has 0 amide bonds. The first-order valence-corrected chi connectivity index (χ1v) is 7.48. The number of benzene rings is 1. The molecular weight excluding hydrogens is 248 g/mol. The lowest BCUT2D eigenvalue weighted by molar-refractivity contribution is 0.254. The molecule has 1 aliphatic rings. The van der Waals surface area contributed by atoms with Crippen molar-refractivity contribution < 1.29 is 4.74 Å². The van der Waals surface area contributed by atoms with Crippen LogP contribution in [-0.2, 0) is 0 Å². The third-order valence-corrected chi connectivity index (χ3v) is 4.34. The molecule has 20 heavy (non-hydrogen) atoms. The lowest BCUT2D eigenvalue weighted by Gasteiger charge is -2.23. The lowest BCUT2D eigenvalue weighted by Crippen LogP contribution is -2.42. The first kappa shape index (κ1) is 14.9. The SMILES string of the molecule is CC(C)c1cccc(OCCC2CCCC2(N)C#N)c1. The Morgan fingerprint density at radius 1 is 1.50 bits per heavy atom. The van der Waals surface area contributed by atoms with Gasteiger partial charge in [-0.3, -0.25) is 0 Å². The van der Waals surface area contributed by atoms with Gasteiger partial charge >= 0.3 is 0 Å². The summed E-state index contributed by atoms with van der Waals surface area (Å²) in [5, 5.41) is 9.19. The van der Waals surface area contributed by atoms with E-state index in [2.05, 4.69) is 32.0 Å². The molecule has 0 bridgehead atoms. The average molecular weight is 272 g/mol. The van der Waals surface area contributed by atoms with Crippen molar-refractivity contribution in [2.75, 3.05) is 6.61 Å². The average Bonchev–Trinajstić information content (AvgIpc) is 2.81. The fraction of sp³-hybridized carbons (Fsp3) is 0.588. The van der Waals surface area contributed by atoms with Crippen molar-refractivity contribution in [3.05, 3.63) is 29.8 Å². The highest BCUT2D eigenvalue weighted by molar-refractivity contribution is 5.30. The predicted octanol–water partition coefficient (Wildman–Crippen LogP) is 3.60. The summed E-state index contributed by atoms with van der Waals surface area (Å²) in [5.41, 5.74) is 6.78. The third-order valence-electron chi connectivity index (χ3n) is 4.34. The van der Waals surface area contributed by atoms with Gasteiger partial charge in [0.05, 0.1) is 12.7 Å². The first-order valence-electron chi connectivity index (χ1n) is 7.48. The van der Waals surface area contributed by atoms with Gasteiger partial charge in [-0.2, -0.15) is 5.26 Å². The van der Waals surface area contributed by atoms with E-state index < -0.39 is 5.54 Å². The molecule has 1 fully saturated rings. The van der Waals surface area contributed by atoms with Crippen LogP contribution in [0.15, 0.2) is 24.3 Å². The molecule has 0 aliphatic heterocycles. The minimum atomic E-state index is -0.636. The number of nitrogens with zero attached hydrogens (tertiary/aromatic N) is 1. The molecule has 2 N–H and O–H groups in total. The molecule has 0 saturated heterocycles. The van der Waals surface area contributed by atoms with Crippen molar-refractivity contribution in [3.8, 4) is 11.8 Å². The van der Waals surface area contributed by atoms with E-state index >= 15 is 0 Å². The second-order valence-electron chi connectivity index (χ2n) is 6.11. The van der Waals surface area contributed by atoms with Crippen molar-refractivity contribution in [1.82, 2.24) is 0 Å². The second kappa shape index (κ2) is 6.28. The zero-order valence-electron chi connectivity index (χ0n) is 12.4. The highest BCUT2D eigenvalue weighted by Gasteiger charge is 2.39. The van der Waals surface area contributed by atoms with E-state index in [4.69, 9.17) is 10.5 Å². The Kier molecular flexibility index (Phi) is 4.67. The molecule has 3 nitrogen and oxygen atoms in total. The number of hydrogen-bond acceptors (Lipinski definition) is 3. The Morgan fingerprint density at radius 3 is 3.00 bits per heavy atom. The van der Waals surface area contributed by atoms with Gasteiger partial charge in [0.15, 0.2) is 0 Å². The summed E-state index contributed by atoms with van der Waals surface area (Å²) in [6.07, 6.45) is 3.77. The van der Waals surface area contributed by atoms with Crippen LogP contribution in [0.1, 0.15) is 51.0 Å². The molecule has 0 spiro atoms. The van der Waals surface area contributed by atoms with Crippen LogP contribution in [-0.4, -0.2) is 12.1 Å². The van der Waals surface area contributed by atoms with Crippen LogP contribution in [0.25, 0.3) is 0 Å². The summed E-state index contributed by atoms with van der Waals surface area (Å²) < 4.78 is 5.83. The number of nitriles is 1. The molecule has 2 atom stereocenters. The number of hydrogen-bond donors (Lipinski definition) is 1. The third kappa shape index (κ3) is 3.32. The second-order valence-corrected chi connectivity index (χ2v) is 6.11. The molecular formula is C17H24N2O. The van der Waals surface area contributed by atoms with Crippen molar-refractivity contribution in [2.24, 2.45) is 11.7 Å². The fourth-order valence-electron chi connectivity index (χ4n) is 2.93. The predicted molar refractivity (Wildman–Crippen MR) is 80.5 cm³/mol. The van der Waals surface area contributed by atoms with Gasteiger partial charge < -0.3 is 10.5 Å². The van der Waals surface area contributed by atoms with Crippen molar-refractivity contribution in [1.29, 1.82) is 5.26 Å². The van der Waals surface area contributed by atoms with Crippen LogP contribution in [0.3, 0.4) is 0 Å². The van der Waals surface area contributed by atoms with Gasteiger partial charge in [0, 0.05) is 0 Å². The van der Waals surface area contributed by atoms with Gasteiger partial charge in [0.25, 0.3) is 0 Å². The van der Waals surface area contributed by atoms with Gasteiger partial charge in [-0.1, -0.05) is 32.4 Å². The normalized spacial score (nSPS) is 25.6. The summed E-state index contributed by atoms with van der Waals surface area (Å²) in [7, 11) is 0. The summed E-state index contributed by atoms with van der Waals surface area (Å²) in [6.45, 7) is 4.98. The maximum atomic E-state index is 9.19. The molecule has 0 radical (unpaired) electrons. The lowest BCUT2D eigenvalue weighted by atomic mass is 9.87. The van der Waals surface area contributed by atoms with Gasteiger partial charge in [-0.25, -0.2) is 0 Å². The zero-order chi connectivity index (χ0) is 14.6. The van der Waals surface area contributed by atoms with Crippen LogP contribution in [0.4, 0.5) is 0 Å². The van der Waals surface area contributed by atoms with E-state index in [1.54, 1.807) is 0 Å². The van der Waals surface area contributed by atoms with Crippen LogP contribution in [0, 0.1) is 17.2 Å². The molecule has 2 unspecified atom stereocenters. The highest BCUT2D eigenvalue weighted by atomic mass is 16.5. The maximum Gasteiger partial charge on any atom is 0.119 e. The molecule has 1 aliphatic carbocycles. The number of rotatable bonds is 5. The maximum absolute atomic E-state index is 9.19. The summed E-state index contributed by atoms with van der Waals surface area (Å²) in [5.74, 6) is 1.68. The monoisotopic (exact) mass is 272 g/mol. The van der Waals surface area contributed by atoms with Gasteiger partial charge in [0.2, 0.25) is 0 Å². The summed E-state index contributed by atoms with van der Waals surface area (Å²) in [6, 6.07) is 10.5. The van der Waals surface area contributed by atoms with E-state index in [0.29, 0.717) is 12.5 Å². The van der Waals surface area contributed by atoms with Gasteiger partial charge in [0.1, 0.15) is 11.3 Å². The molecule has 3 heteroatoms. The van der Waals surface area contributed by atoms with Crippen molar-refractivity contribution >= 4 is 0 Å². The zero-order valence-corrected chi connectivity index (χ0v) is 12.4. The number of ether oxygens (including phenoxy) is 1. The van der Waals surface area contributed by atoms with E-state index in [1.165, 1.54) is 5.56 Å². The van der Waals surface area contributed by atoms with Crippen LogP contribution in [0.5, 0.6) is 5.75 Å². The Hall–Kier alpha value is -1.53. The van der Waals surface area contributed by atoms with Gasteiger partial charge in [-0.15, -0.1) is 0 Å². The van der Waals surface area contributed by atoms with Crippen LogP contribution >= 0.6 is 0 Å². The molecule has 1 aromatic rings. The van der Waals surface area contributed by atoms with Crippen molar-refractivity contribution in [2.45, 2.75) is 51.0 Å². The molecule has 108 valence electrons. The smallest absolute Gasteiger partial charge is 0.119 e. The van der Waals surface area contributed by atoms with E-state index in [9.17, 15) is 5.26 Å². The van der Waals surface area contributed by atoms with E-state index in [1.807, 2.05) is 12.1 Å². The minimum absolute atomic E-state index is 0.265. The Bertz CT molecular complexity index is 492. The Balaban J connectivity index is 1.87. The first-order chi connectivity index (χ1) is 9.55. The molecule has 0 aromatic heterocycles. The Morgan fingerprint density at radius 2 is 2.30 bits per heavy atom. The largest absolute Gasteiger partial charge is 0.494 e. The fourth-order valence-corrected chi connectivity index (χ4v) is 2.93. The molecule has 1 aromatic carbocycles.